The minimum atomic E-state index is -0.216. The third-order valence-electron chi connectivity index (χ3n) is 4.48. The van der Waals surface area contributed by atoms with Crippen molar-refractivity contribution < 1.29 is 9.59 Å². The lowest BCUT2D eigenvalue weighted by atomic mass is 10.1. The maximum absolute atomic E-state index is 12.2. The Morgan fingerprint density at radius 1 is 0.957 bits per heavy atom. The Balaban J connectivity index is 1.50. The van der Waals surface area contributed by atoms with Crippen LogP contribution in [0, 0.1) is 5.92 Å². The van der Waals surface area contributed by atoms with E-state index in [4.69, 9.17) is 0 Å². The molecule has 3 rings (SSSR count). The maximum atomic E-state index is 12.2. The highest BCUT2D eigenvalue weighted by Gasteiger charge is 2.16. The van der Waals surface area contributed by atoms with Gasteiger partial charge in [-0.25, -0.2) is 0 Å². The van der Waals surface area contributed by atoms with Crippen molar-refractivity contribution >= 4 is 22.6 Å². The zero-order valence-electron chi connectivity index (χ0n) is 13.2. The molecule has 0 aliphatic heterocycles. The highest BCUT2D eigenvalue weighted by molar-refractivity contribution is 5.99. The minimum Gasteiger partial charge on any atom is -0.354 e. The van der Waals surface area contributed by atoms with Crippen molar-refractivity contribution in [3.8, 4) is 0 Å². The van der Waals surface area contributed by atoms with Gasteiger partial charge in [0.1, 0.15) is 0 Å². The lowest BCUT2D eigenvalue weighted by molar-refractivity contribution is -0.120. The van der Waals surface area contributed by atoms with Crippen molar-refractivity contribution in [2.24, 2.45) is 5.92 Å². The minimum absolute atomic E-state index is 0.0262. The van der Waals surface area contributed by atoms with Crippen LogP contribution in [0.25, 0.3) is 10.8 Å². The molecule has 1 aliphatic carbocycles. The molecule has 0 heterocycles. The van der Waals surface area contributed by atoms with Crippen molar-refractivity contribution in [1.29, 1.82) is 0 Å². The topological polar surface area (TPSA) is 58.2 Å². The van der Waals surface area contributed by atoms with Crippen molar-refractivity contribution in [2.75, 3.05) is 13.1 Å². The third-order valence-corrected chi connectivity index (χ3v) is 4.48. The van der Waals surface area contributed by atoms with Gasteiger partial charge in [-0.2, -0.15) is 0 Å². The van der Waals surface area contributed by atoms with Crippen LogP contribution in [-0.4, -0.2) is 24.9 Å². The number of amides is 2. The Kier molecular flexibility index (Phi) is 4.91. The van der Waals surface area contributed by atoms with Crippen LogP contribution >= 0.6 is 0 Å². The molecule has 2 aromatic carbocycles. The second kappa shape index (κ2) is 7.27. The van der Waals surface area contributed by atoms with E-state index in [1.807, 2.05) is 36.4 Å². The van der Waals surface area contributed by atoms with Crippen LogP contribution in [0.1, 0.15) is 36.0 Å². The van der Waals surface area contributed by atoms with Crippen LogP contribution in [0.5, 0.6) is 0 Å². The molecule has 1 saturated carbocycles. The molecule has 1 aliphatic rings. The van der Waals surface area contributed by atoms with Gasteiger partial charge in [-0.1, -0.05) is 43.2 Å². The van der Waals surface area contributed by atoms with Crippen LogP contribution in [-0.2, 0) is 4.79 Å². The SMILES string of the molecule is O=C(CNC(=O)c1ccc2ccccc2c1)NCC1CCCC1. The number of hydrogen-bond donors (Lipinski definition) is 2. The summed E-state index contributed by atoms with van der Waals surface area (Å²) in [5.74, 6) is 0.271. The largest absolute Gasteiger partial charge is 0.354 e. The molecule has 1 fully saturated rings. The van der Waals surface area contributed by atoms with Gasteiger partial charge in [-0.3, -0.25) is 9.59 Å². The fraction of sp³-hybridized carbons (Fsp3) is 0.368. The summed E-state index contributed by atoms with van der Waals surface area (Å²) in [4.78, 5) is 24.0. The fourth-order valence-corrected chi connectivity index (χ4v) is 3.13. The van der Waals surface area contributed by atoms with Gasteiger partial charge in [0.25, 0.3) is 5.91 Å². The highest BCUT2D eigenvalue weighted by Crippen LogP contribution is 2.23. The zero-order chi connectivity index (χ0) is 16.1. The third kappa shape index (κ3) is 4.09. The summed E-state index contributed by atoms with van der Waals surface area (Å²) in [7, 11) is 0. The number of carbonyl (C=O) groups excluding carboxylic acids is 2. The quantitative estimate of drug-likeness (QED) is 0.892. The first-order chi connectivity index (χ1) is 11.2. The van der Waals surface area contributed by atoms with Gasteiger partial charge in [-0.05, 0) is 41.7 Å². The van der Waals surface area contributed by atoms with Gasteiger partial charge in [-0.15, -0.1) is 0 Å². The van der Waals surface area contributed by atoms with Crippen LogP contribution in [0.2, 0.25) is 0 Å². The summed E-state index contributed by atoms with van der Waals surface area (Å²) in [6, 6.07) is 13.4. The molecule has 0 atom stereocenters. The van der Waals surface area contributed by atoms with E-state index in [1.165, 1.54) is 25.7 Å². The predicted octanol–water partition coefficient (Wildman–Crippen LogP) is 2.88. The van der Waals surface area contributed by atoms with Crippen molar-refractivity contribution in [3.63, 3.8) is 0 Å². The second-order valence-corrected chi connectivity index (χ2v) is 6.20. The molecular weight excluding hydrogens is 288 g/mol. The second-order valence-electron chi connectivity index (χ2n) is 6.20. The smallest absolute Gasteiger partial charge is 0.251 e. The number of rotatable bonds is 5. The van der Waals surface area contributed by atoms with E-state index < -0.39 is 0 Å². The van der Waals surface area contributed by atoms with E-state index in [0.717, 1.165) is 17.3 Å². The summed E-state index contributed by atoms with van der Waals surface area (Å²) in [6.07, 6.45) is 4.92. The van der Waals surface area contributed by atoms with Gasteiger partial charge in [0.15, 0.2) is 0 Å². The van der Waals surface area contributed by atoms with E-state index in [0.29, 0.717) is 11.5 Å². The standard InChI is InChI=1S/C19H22N2O2/c22-18(20-12-14-5-1-2-6-14)13-21-19(23)17-10-9-15-7-3-4-8-16(15)11-17/h3-4,7-11,14H,1-2,5-6,12-13H2,(H,20,22)(H,21,23). The molecule has 0 spiro atoms. The number of carbonyl (C=O) groups is 2. The molecule has 2 amide bonds. The Hall–Kier alpha value is -2.36. The monoisotopic (exact) mass is 310 g/mol. The Morgan fingerprint density at radius 3 is 2.48 bits per heavy atom. The molecule has 4 heteroatoms. The fourth-order valence-electron chi connectivity index (χ4n) is 3.13. The Labute approximate surface area is 136 Å². The Bertz CT molecular complexity index is 705. The molecule has 0 saturated heterocycles. The van der Waals surface area contributed by atoms with E-state index in [-0.39, 0.29) is 18.4 Å². The van der Waals surface area contributed by atoms with Crippen molar-refractivity contribution in [3.05, 3.63) is 48.0 Å². The van der Waals surface area contributed by atoms with Gasteiger partial charge in [0, 0.05) is 12.1 Å². The highest BCUT2D eigenvalue weighted by atomic mass is 16.2. The molecule has 120 valence electrons. The van der Waals surface area contributed by atoms with E-state index >= 15 is 0 Å². The molecule has 0 aromatic heterocycles. The first-order valence-corrected chi connectivity index (χ1v) is 8.26. The zero-order valence-corrected chi connectivity index (χ0v) is 13.2. The number of benzene rings is 2. The van der Waals surface area contributed by atoms with Crippen LogP contribution < -0.4 is 10.6 Å². The molecule has 23 heavy (non-hydrogen) atoms. The van der Waals surface area contributed by atoms with E-state index in [9.17, 15) is 9.59 Å². The molecule has 0 unspecified atom stereocenters. The number of fused-ring (bicyclic) bond motifs is 1. The van der Waals surface area contributed by atoms with E-state index in [2.05, 4.69) is 10.6 Å². The van der Waals surface area contributed by atoms with E-state index in [1.54, 1.807) is 6.07 Å². The Morgan fingerprint density at radius 2 is 1.70 bits per heavy atom. The van der Waals surface area contributed by atoms with Gasteiger partial charge < -0.3 is 10.6 Å². The molecule has 2 N–H and O–H groups in total. The number of nitrogens with one attached hydrogen (secondary N) is 2. The predicted molar refractivity (Wildman–Crippen MR) is 91.2 cm³/mol. The van der Waals surface area contributed by atoms with Crippen LogP contribution in [0.4, 0.5) is 0 Å². The molecule has 4 nitrogen and oxygen atoms in total. The average molecular weight is 310 g/mol. The van der Waals surface area contributed by atoms with Crippen LogP contribution in [0.15, 0.2) is 42.5 Å². The normalized spacial score (nSPS) is 14.8. The first kappa shape index (κ1) is 15.5. The average Bonchev–Trinajstić information content (AvgIpc) is 3.11. The summed E-state index contributed by atoms with van der Waals surface area (Å²) in [6.45, 7) is 0.753. The van der Waals surface area contributed by atoms with Crippen LogP contribution in [0.3, 0.4) is 0 Å². The van der Waals surface area contributed by atoms with Gasteiger partial charge in [0.05, 0.1) is 6.54 Å². The molecule has 0 bridgehead atoms. The maximum Gasteiger partial charge on any atom is 0.251 e. The summed E-state index contributed by atoms with van der Waals surface area (Å²) < 4.78 is 0. The van der Waals surface area contributed by atoms with Crippen molar-refractivity contribution in [1.82, 2.24) is 10.6 Å². The summed E-state index contributed by atoms with van der Waals surface area (Å²) in [5, 5.41) is 7.71. The lowest BCUT2D eigenvalue weighted by Gasteiger charge is -2.11. The lowest BCUT2D eigenvalue weighted by Crippen LogP contribution is -2.38. The summed E-state index contributed by atoms with van der Waals surface area (Å²) in [5.41, 5.74) is 0.576. The first-order valence-electron chi connectivity index (χ1n) is 8.26. The van der Waals surface area contributed by atoms with Crippen molar-refractivity contribution in [2.45, 2.75) is 25.7 Å². The summed E-state index contributed by atoms with van der Waals surface area (Å²) >= 11 is 0. The van der Waals surface area contributed by atoms with Gasteiger partial charge >= 0.3 is 0 Å². The van der Waals surface area contributed by atoms with Gasteiger partial charge in [0.2, 0.25) is 5.91 Å². The molecule has 0 radical (unpaired) electrons. The molecule has 2 aromatic rings. The molecular formula is C19H22N2O2. The number of hydrogen-bond acceptors (Lipinski definition) is 2.